The van der Waals surface area contributed by atoms with Crippen LogP contribution in [0.3, 0.4) is 0 Å². The molecule has 2 N–H and O–H groups in total. The largest absolute Gasteiger partial charge is 0.459 e. The van der Waals surface area contributed by atoms with Gasteiger partial charge in [0.05, 0.1) is 0 Å². The Morgan fingerprint density at radius 2 is 1.39 bits per heavy atom. The molecule has 0 aromatic heterocycles. The minimum absolute atomic E-state index is 0.164. The number of esters is 1. The number of rotatable bonds is 6. The maximum absolute atomic E-state index is 12.0. The van der Waals surface area contributed by atoms with Gasteiger partial charge in [0.2, 0.25) is 12.2 Å². The third-order valence-corrected chi connectivity index (χ3v) is 3.01. The van der Waals surface area contributed by atoms with Gasteiger partial charge in [0.25, 0.3) is 0 Å². The van der Waals surface area contributed by atoms with E-state index in [-0.39, 0.29) is 18.9 Å². The molecule has 0 aliphatic heterocycles. The van der Waals surface area contributed by atoms with E-state index in [9.17, 15) is 19.2 Å². The summed E-state index contributed by atoms with van der Waals surface area (Å²) in [5.74, 6) is -1.87. The number of carbonyl (C=O) groups is 3. The molecule has 0 spiro atoms. The highest BCUT2D eigenvalue weighted by atomic mass is 16.6. The Morgan fingerprint density at radius 1 is 0.871 bits per heavy atom. The molecule has 1 radical (unpaired) electrons. The molecule has 31 heavy (non-hydrogen) atoms. The highest BCUT2D eigenvalue weighted by Crippen LogP contribution is 2.14. The minimum atomic E-state index is -1.04. The molecule has 0 aliphatic rings. The van der Waals surface area contributed by atoms with Gasteiger partial charge >= 0.3 is 18.2 Å². The summed E-state index contributed by atoms with van der Waals surface area (Å²) in [4.78, 5) is 50.9. The van der Waals surface area contributed by atoms with Crippen molar-refractivity contribution in [1.29, 1.82) is 0 Å². The molecule has 1 unspecified atom stereocenters. The van der Waals surface area contributed by atoms with E-state index in [0.29, 0.717) is 6.42 Å². The number of ether oxygens (including phenoxy) is 3. The van der Waals surface area contributed by atoms with Crippen molar-refractivity contribution in [2.75, 3.05) is 6.54 Å². The third kappa shape index (κ3) is 15.8. The van der Waals surface area contributed by atoms with E-state index in [2.05, 4.69) is 15.6 Å². The maximum atomic E-state index is 12.0. The fraction of sp³-hybridized carbons (Fsp3) is 0.762. The molecule has 0 aromatic rings. The molecule has 0 heterocycles. The number of hydrogen-bond acceptors (Lipinski definition) is 7. The molecule has 10 nitrogen and oxygen atoms in total. The fourth-order valence-corrected chi connectivity index (χ4v) is 2.00. The van der Waals surface area contributed by atoms with Gasteiger partial charge in [-0.15, -0.1) is 4.99 Å². The van der Waals surface area contributed by atoms with Crippen molar-refractivity contribution in [2.45, 2.75) is 92.0 Å². The van der Waals surface area contributed by atoms with Crippen LogP contribution in [-0.2, 0) is 23.8 Å². The highest BCUT2D eigenvalue weighted by Gasteiger charge is 2.25. The van der Waals surface area contributed by atoms with E-state index in [4.69, 9.17) is 14.2 Å². The van der Waals surface area contributed by atoms with Crippen molar-refractivity contribution in [3.05, 3.63) is 0 Å². The number of nitrogens with zero attached hydrogens (tertiary/aromatic N) is 1. The zero-order chi connectivity index (χ0) is 24.5. The van der Waals surface area contributed by atoms with Crippen LogP contribution in [-0.4, -0.2) is 53.7 Å². The molecule has 10 heteroatoms. The van der Waals surface area contributed by atoms with Crippen LogP contribution in [0.5, 0.6) is 0 Å². The van der Waals surface area contributed by atoms with E-state index in [1.807, 2.05) is 0 Å². The highest BCUT2D eigenvalue weighted by molar-refractivity contribution is 5.98. The Morgan fingerprint density at radius 3 is 1.84 bits per heavy atom. The third-order valence-electron chi connectivity index (χ3n) is 3.01. The molecule has 0 aliphatic carbocycles. The Balaban J connectivity index is 5.00. The van der Waals surface area contributed by atoms with Crippen LogP contribution in [0.2, 0.25) is 0 Å². The number of alkyl carbamates (subject to hydrolysis) is 1. The molecule has 0 saturated heterocycles. The van der Waals surface area contributed by atoms with Gasteiger partial charge in [-0.3, -0.25) is 14.9 Å². The second-order valence-corrected chi connectivity index (χ2v) is 9.84. The van der Waals surface area contributed by atoms with Gasteiger partial charge in [-0.25, -0.2) is 9.59 Å². The number of amides is 2. The van der Waals surface area contributed by atoms with Gasteiger partial charge in [0.15, 0.2) is 0 Å². The summed E-state index contributed by atoms with van der Waals surface area (Å²) in [6, 6.07) is 0. The molecule has 0 bridgehead atoms. The van der Waals surface area contributed by atoms with Crippen LogP contribution < -0.4 is 10.6 Å². The van der Waals surface area contributed by atoms with Gasteiger partial charge in [-0.2, -0.15) is 0 Å². The van der Waals surface area contributed by atoms with E-state index in [1.54, 1.807) is 68.6 Å². The van der Waals surface area contributed by atoms with E-state index in [0.717, 1.165) is 0 Å². The topological polar surface area (TPSA) is 132 Å². The van der Waals surface area contributed by atoms with Gasteiger partial charge in [0, 0.05) is 6.54 Å². The normalized spacial score (nSPS) is 13.6. The Hall–Kier alpha value is -2.65. The van der Waals surface area contributed by atoms with Crippen molar-refractivity contribution in [3.63, 3.8) is 0 Å². The molecular formula is C21H36N3O7. The Bertz CT molecular complexity index is 668. The second-order valence-electron chi connectivity index (χ2n) is 9.84. The zero-order valence-electron chi connectivity index (χ0n) is 20.0. The number of guanidine groups is 1. The Labute approximate surface area is 184 Å². The molecule has 2 amide bonds. The number of aliphatic imine (C=N–C) groups is 1. The van der Waals surface area contributed by atoms with E-state index in [1.165, 1.54) is 0 Å². The summed E-state index contributed by atoms with van der Waals surface area (Å²) in [7, 11) is 0. The van der Waals surface area contributed by atoms with Crippen molar-refractivity contribution >= 4 is 30.4 Å². The average Bonchev–Trinajstić information content (AvgIpc) is 2.48. The number of carbonyl (C=O) groups excluding carboxylic acids is 4. The van der Waals surface area contributed by atoms with Gasteiger partial charge < -0.3 is 19.5 Å². The molecule has 0 aromatic carbocycles. The zero-order valence-corrected chi connectivity index (χ0v) is 20.0. The number of nitrogens with one attached hydrogen (secondary N) is 2. The monoisotopic (exact) mass is 442 g/mol. The summed E-state index contributed by atoms with van der Waals surface area (Å²) >= 11 is 0. The van der Waals surface area contributed by atoms with Crippen LogP contribution in [0.25, 0.3) is 0 Å². The molecule has 0 rings (SSSR count). The second kappa shape index (κ2) is 11.7. The van der Waals surface area contributed by atoms with Crippen LogP contribution in [0, 0.1) is 5.92 Å². The first-order valence-corrected chi connectivity index (χ1v) is 10.1. The number of hydrogen-bond donors (Lipinski definition) is 2. The molecule has 0 fully saturated rings. The predicted octanol–water partition coefficient (Wildman–Crippen LogP) is 3.24. The Kier molecular flexibility index (Phi) is 10.7. The lowest BCUT2D eigenvalue weighted by molar-refractivity contribution is -0.157. The van der Waals surface area contributed by atoms with Crippen LogP contribution >= 0.6 is 0 Å². The summed E-state index contributed by atoms with van der Waals surface area (Å²) in [6.07, 6.45) is 0.468. The first-order valence-electron chi connectivity index (χ1n) is 10.1. The lowest BCUT2D eigenvalue weighted by Crippen LogP contribution is -2.44. The lowest BCUT2D eigenvalue weighted by atomic mass is 10.0. The van der Waals surface area contributed by atoms with Crippen molar-refractivity contribution < 1.29 is 33.4 Å². The molecule has 1 atom stereocenters. The van der Waals surface area contributed by atoms with Crippen LogP contribution in [0.15, 0.2) is 4.99 Å². The average molecular weight is 443 g/mol. The van der Waals surface area contributed by atoms with Crippen molar-refractivity contribution in [1.82, 2.24) is 10.6 Å². The van der Waals surface area contributed by atoms with Crippen molar-refractivity contribution in [3.8, 4) is 0 Å². The summed E-state index contributed by atoms with van der Waals surface area (Å²) in [5.41, 5.74) is -2.23. The van der Waals surface area contributed by atoms with Gasteiger partial charge in [-0.1, -0.05) is 0 Å². The SMILES string of the molecule is CC(C)(C)OC(=O)/N=C(\NCCCC([C]=O)C(=O)OC(C)(C)C)NC(=O)OC(C)(C)C. The smallest absolute Gasteiger partial charge is 0.437 e. The summed E-state index contributed by atoms with van der Waals surface area (Å²) in [5, 5.41) is 5.13. The maximum Gasteiger partial charge on any atom is 0.437 e. The van der Waals surface area contributed by atoms with Crippen LogP contribution in [0.1, 0.15) is 75.2 Å². The van der Waals surface area contributed by atoms with Gasteiger partial charge in [0.1, 0.15) is 22.7 Å². The molecule has 0 saturated carbocycles. The quantitative estimate of drug-likeness (QED) is 0.160. The van der Waals surface area contributed by atoms with Gasteiger partial charge in [-0.05, 0) is 75.2 Å². The minimum Gasteiger partial charge on any atom is -0.459 e. The lowest BCUT2D eigenvalue weighted by Gasteiger charge is -2.22. The van der Waals surface area contributed by atoms with E-state index >= 15 is 0 Å². The summed E-state index contributed by atoms with van der Waals surface area (Å²) < 4.78 is 15.5. The van der Waals surface area contributed by atoms with Crippen molar-refractivity contribution in [2.24, 2.45) is 10.9 Å². The van der Waals surface area contributed by atoms with Crippen LogP contribution in [0.4, 0.5) is 9.59 Å². The first-order chi connectivity index (χ1) is 13.9. The fourth-order valence-electron chi connectivity index (χ4n) is 2.00. The summed E-state index contributed by atoms with van der Waals surface area (Å²) in [6.45, 7) is 15.4. The first kappa shape index (κ1) is 28.4. The molecular weight excluding hydrogens is 406 g/mol. The predicted molar refractivity (Wildman–Crippen MR) is 115 cm³/mol. The van der Waals surface area contributed by atoms with E-state index < -0.39 is 40.9 Å². The molecule has 177 valence electrons. The standard InChI is InChI=1S/C21H36N3O7/c1-19(2,3)29-15(26)14(13-25)11-10-12-22-16(23-17(27)30-20(4,5)6)24-18(28)31-21(7,8)9/h14H,10-12H2,1-9H3,(H2,22,23,24,27,28).